The number of nitrogens with two attached hydrogens (primary N) is 1. The number of hydrogen-bond donors (Lipinski definition) is 1. The largest absolute Gasteiger partial charge is 0.354 e. The van der Waals surface area contributed by atoms with Crippen molar-refractivity contribution < 1.29 is 0 Å². The molecule has 0 unspecified atom stereocenters. The van der Waals surface area contributed by atoms with E-state index in [9.17, 15) is 0 Å². The van der Waals surface area contributed by atoms with Crippen LogP contribution in [-0.4, -0.2) is 29.1 Å². The number of para-hydroxylation sites is 1. The fourth-order valence-corrected chi connectivity index (χ4v) is 2.44. The Morgan fingerprint density at radius 1 is 1.16 bits per heavy atom. The van der Waals surface area contributed by atoms with E-state index in [0.717, 1.165) is 42.7 Å². The number of fused-ring (bicyclic) bond motifs is 1. The van der Waals surface area contributed by atoms with Crippen molar-refractivity contribution >= 4 is 41.5 Å². The average molecular weight is 301 g/mol. The molecule has 2 aromatic rings. The van der Waals surface area contributed by atoms with Crippen molar-refractivity contribution in [3.8, 4) is 0 Å². The van der Waals surface area contributed by atoms with Crippen LogP contribution >= 0.6 is 24.8 Å². The second kappa shape index (κ2) is 6.89. The number of nitrogens with zero attached hydrogens (tertiary/aromatic N) is 3. The van der Waals surface area contributed by atoms with Gasteiger partial charge in [-0.15, -0.1) is 24.8 Å². The minimum absolute atomic E-state index is 0. The molecule has 1 aliphatic heterocycles. The summed E-state index contributed by atoms with van der Waals surface area (Å²) in [6.07, 6.45) is 3.89. The quantitative estimate of drug-likeness (QED) is 0.879. The average Bonchev–Trinajstić information content (AvgIpc) is 2.38. The lowest BCUT2D eigenvalue weighted by atomic mass is 10.1. The molecule has 0 saturated carbocycles. The fourth-order valence-electron chi connectivity index (χ4n) is 2.44. The molecule has 1 aliphatic rings. The third-order valence-electron chi connectivity index (χ3n) is 3.28. The van der Waals surface area contributed by atoms with Gasteiger partial charge < -0.3 is 10.6 Å². The van der Waals surface area contributed by atoms with Gasteiger partial charge in [0.25, 0.3) is 0 Å². The third kappa shape index (κ3) is 3.26. The van der Waals surface area contributed by atoms with Crippen molar-refractivity contribution in [1.29, 1.82) is 0 Å². The Morgan fingerprint density at radius 2 is 1.95 bits per heavy atom. The Bertz CT molecular complexity index is 530. The molecule has 0 radical (unpaired) electrons. The zero-order valence-electron chi connectivity index (χ0n) is 10.5. The smallest absolute Gasteiger partial charge is 0.139 e. The molecule has 19 heavy (non-hydrogen) atoms. The van der Waals surface area contributed by atoms with Gasteiger partial charge in [-0.3, -0.25) is 0 Å². The number of benzene rings is 1. The Balaban J connectivity index is 0.000000902. The van der Waals surface area contributed by atoms with Crippen LogP contribution < -0.4 is 10.6 Å². The molecule has 0 aliphatic carbocycles. The molecule has 0 bridgehead atoms. The summed E-state index contributed by atoms with van der Waals surface area (Å²) in [4.78, 5) is 11.0. The highest BCUT2D eigenvalue weighted by molar-refractivity contribution is 5.89. The van der Waals surface area contributed by atoms with E-state index in [1.54, 1.807) is 6.33 Å². The minimum Gasteiger partial charge on any atom is -0.354 e. The van der Waals surface area contributed by atoms with Gasteiger partial charge in [-0.1, -0.05) is 12.1 Å². The van der Waals surface area contributed by atoms with Crippen LogP contribution in [-0.2, 0) is 0 Å². The first kappa shape index (κ1) is 16.0. The number of aromatic nitrogens is 2. The molecule has 1 saturated heterocycles. The highest BCUT2D eigenvalue weighted by atomic mass is 35.5. The molecule has 4 nitrogen and oxygen atoms in total. The van der Waals surface area contributed by atoms with Crippen LogP contribution in [0.1, 0.15) is 12.8 Å². The maximum atomic E-state index is 6.02. The van der Waals surface area contributed by atoms with Gasteiger partial charge >= 0.3 is 0 Å². The maximum Gasteiger partial charge on any atom is 0.139 e. The standard InChI is InChI=1S/C13H16N4.2ClH/c14-10-4-3-7-17(8-10)13-11-5-1-2-6-12(11)15-9-16-13;;/h1-2,5-6,9-10H,3-4,7-8,14H2;2*1H/t10-;;/m0../s1. The van der Waals surface area contributed by atoms with Crippen molar-refractivity contribution in [3.05, 3.63) is 30.6 Å². The molecule has 1 fully saturated rings. The summed E-state index contributed by atoms with van der Waals surface area (Å²) < 4.78 is 0. The Kier molecular flexibility index (Phi) is 5.79. The van der Waals surface area contributed by atoms with E-state index in [1.807, 2.05) is 18.2 Å². The van der Waals surface area contributed by atoms with Gasteiger partial charge in [0.05, 0.1) is 5.52 Å². The van der Waals surface area contributed by atoms with Crippen LogP contribution in [0.2, 0.25) is 0 Å². The van der Waals surface area contributed by atoms with Crippen molar-refractivity contribution in [2.45, 2.75) is 18.9 Å². The first-order valence-corrected chi connectivity index (χ1v) is 6.05. The fraction of sp³-hybridized carbons (Fsp3) is 0.385. The van der Waals surface area contributed by atoms with Crippen LogP contribution in [0, 0.1) is 0 Å². The van der Waals surface area contributed by atoms with E-state index in [2.05, 4.69) is 20.9 Å². The lowest BCUT2D eigenvalue weighted by Gasteiger charge is -2.32. The molecule has 0 spiro atoms. The molecule has 1 atom stereocenters. The molecule has 1 aromatic heterocycles. The van der Waals surface area contributed by atoms with E-state index in [-0.39, 0.29) is 30.9 Å². The van der Waals surface area contributed by atoms with Crippen molar-refractivity contribution in [1.82, 2.24) is 9.97 Å². The monoisotopic (exact) mass is 300 g/mol. The molecule has 2 heterocycles. The SMILES string of the molecule is Cl.Cl.N[C@H]1CCCN(c2ncnc3ccccc23)C1. The number of rotatable bonds is 1. The maximum absolute atomic E-state index is 6.02. The minimum atomic E-state index is 0. The normalized spacial score (nSPS) is 18.6. The lowest BCUT2D eigenvalue weighted by Crippen LogP contribution is -2.43. The predicted molar refractivity (Wildman–Crippen MR) is 83.5 cm³/mol. The van der Waals surface area contributed by atoms with E-state index in [0.29, 0.717) is 0 Å². The number of piperidine rings is 1. The summed E-state index contributed by atoms with van der Waals surface area (Å²) in [5.41, 5.74) is 7.02. The molecule has 104 valence electrons. The van der Waals surface area contributed by atoms with Gasteiger partial charge in [0.1, 0.15) is 12.1 Å². The van der Waals surface area contributed by atoms with Crippen LogP contribution in [0.25, 0.3) is 10.9 Å². The van der Waals surface area contributed by atoms with Crippen LogP contribution in [0.15, 0.2) is 30.6 Å². The van der Waals surface area contributed by atoms with Crippen molar-refractivity contribution in [3.63, 3.8) is 0 Å². The van der Waals surface area contributed by atoms with Gasteiger partial charge in [0.15, 0.2) is 0 Å². The van der Waals surface area contributed by atoms with Crippen LogP contribution in [0.5, 0.6) is 0 Å². The van der Waals surface area contributed by atoms with Gasteiger partial charge in [-0.2, -0.15) is 0 Å². The van der Waals surface area contributed by atoms with E-state index in [4.69, 9.17) is 5.73 Å². The highest BCUT2D eigenvalue weighted by Gasteiger charge is 2.19. The summed E-state index contributed by atoms with van der Waals surface area (Å²) in [5.74, 6) is 1.02. The second-order valence-electron chi connectivity index (χ2n) is 4.56. The van der Waals surface area contributed by atoms with Crippen molar-refractivity contribution in [2.24, 2.45) is 5.73 Å². The van der Waals surface area contributed by atoms with Gasteiger partial charge in [-0.25, -0.2) is 9.97 Å². The number of anilines is 1. The molecule has 0 amide bonds. The highest BCUT2D eigenvalue weighted by Crippen LogP contribution is 2.24. The van der Waals surface area contributed by atoms with Gasteiger partial charge in [0, 0.05) is 24.5 Å². The topological polar surface area (TPSA) is 55.0 Å². The van der Waals surface area contributed by atoms with Crippen LogP contribution in [0.3, 0.4) is 0 Å². The first-order valence-electron chi connectivity index (χ1n) is 6.05. The van der Waals surface area contributed by atoms with Crippen LogP contribution in [0.4, 0.5) is 5.82 Å². The molecular formula is C13H18Cl2N4. The zero-order chi connectivity index (χ0) is 11.7. The molecule has 6 heteroatoms. The van der Waals surface area contributed by atoms with Gasteiger partial charge in [0.2, 0.25) is 0 Å². The summed E-state index contributed by atoms with van der Waals surface area (Å²) in [6, 6.07) is 8.38. The summed E-state index contributed by atoms with van der Waals surface area (Å²) in [7, 11) is 0. The van der Waals surface area contributed by atoms with Crippen molar-refractivity contribution in [2.75, 3.05) is 18.0 Å². The molecule has 1 aromatic carbocycles. The summed E-state index contributed by atoms with van der Waals surface area (Å²) in [6.45, 7) is 1.93. The molecule has 2 N–H and O–H groups in total. The Hall–Kier alpha value is -1.10. The Labute approximate surface area is 125 Å². The molecular weight excluding hydrogens is 283 g/mol. The summed E-state index contributed by atoms with van der Waals surface area (Å²) >= 11 is 0. The summed E-state index contributed by atoms with van der Waals surface area (Å²) in [5, 5.41) is 1.11. The lowest BCUT2D eigenvalue weighted by molar-refractivity contribution is 0.504. The van der Waals surface area contributed by atoms with E-state index >= 15 is 0 Å². The van der Waals surface area contributed by atoms with Gasteiger partial charge in [-0.05, 0) is 25.0 Å². The molecule has 3 rings (SSSR count). The predicted octanol–water partition coefficient (Wildman–Crippen LogP) is 2.40. The third-order valence-corrected chi connectivity index (χ3v) is 3.28. The van der Waals surface area contributed by atoms with E-state index in [1.165, 1.54) is 0 Å². The zero-order valence-corrected chi connectivity index (χ0v) is 12.2. The number of halogens is 2. The number of hydrogen-bond acceptors (Lipinski definition) is 4. The van der Waals surface area contributed by atoms with E-state index < -0.39 is 0 Å². The Morgan fingerprint density at radius 3 is 2.74 bits per heavy atom. The second-order valence-corrected chi connectivity index (χ2v) is 4.56. The first-order chi connectivity index (χ1) is 8.34.